The molecule has 0 aliphatic carbocycles. The second-order valence-electron chi connectivity index (χ2n) is 5.36. The predicted octanol–water partition coefficient (Wildman–Crippen LogP) is 2.53. The number of fused-ring (bicyclic) bond motifs is 1. The van der Waals surface area contributed by atoms with Crippen LogP contribution < -0.4 is 5.32 Å². The summed E-state index contributed by atoms with van der Waals surface area (Å²) in [5.74, 6) is 1.11. The molecule has 0 bridgehead atoms. The summed E-state index contributed by atoms with van der Waals surface area (Å²) >= 11 is 0. The molecule has 1 N–H and O–H groups in total. The van der Waals surface area contributed by atoms with Gasteiger partial charge in [0, 0.05) is 11.9 Å². The van der Waals surface area contributed by atoms with Gasteiger partial charge in [0.2, 0.25) is 0 Å². The summed E-state index contributed by atoms with van der Waals surface area (Å²) in [6.07, 6.45) is 1.53. The Kier molecular flexibility index (Phi) is 3.38. The molecule has 1 saturated heterocycles. The lowest BCUT2D eigenvalue weighted by molar-refractivity contribution is 0.591. The second-order valence-corrected chi connectivity index (χ2v) is 7.76. The first-order valence-corrected chi connectivity index (χ1v) is 8.60. The number of sulfone groups is 1. The number of aryl methyl sites for hydroxylation is 1. The van der Waals surface area contributed by atoms with Crippen LogP contribution in [0.5, 0.6) is 0 Å². The number of para-hydroxylation sites is 1. The van der Waals surface area contributed by atoms with Crippen LogP contribution >= 0.6 is 0 Å². The van der Waals surface area contributed by atoms with Gasteiger partial charge in [0.15, 0.2) is 9.84 Å². The molecule has 0 amide bonds. The van der Waals surface area contributed by atoms with Crippen molar-refractivity contribution in [3.63, 3.8) is 0 Å². The van der Waals surface area contributed by atoms with Crippen LogP contribution in [0.1, 0.15) is 18.4 Å². The average Bonchev–Trinajstić information content (AvgIpc) is 2.75. The molecule has 2 aromatic rings. The summed E-state index contributed by atoms with van der Waals surface area (Å²) in [7, 11) is -2.90. The molecule has 20 heavy (non-hydrogen) atoms. The van der Waals surface area contributed by atoms with Crippen molar-refractivity contribution in [3.05, 3.63) is 35.9 Å². The third-order valence-electron chi connectivity index (χ3n) is 3.87. The maximum absolute atomic E-state index is 11.8. The van der Waals surface area contributed by atoms with Crippen molar-refractivity contribution in [3.8, 4) is 0 Å². The van der Waals surface area contributed by atoms with Gasteiger partial charge in [-0.2, -0.15) is 0 Å². The minimum Gasteiger partial charge on any atom is -0.369 e. The Balaban J connectivity index is 1.82. The molecule has 1 fully saturated rings. The minimum absolute atomic E-state index is 0.268. The van der Waals surface area contributed by atoms with E-state index in [0.717, 1.165) is 35.1 Å². The van der Waals surface area contributed by atoms with Crippen LogP contribution in [-0.4, -0.2) is 30.9 Å². The number of hydrogen-bond acceptors (Lipinski definition) is 4. The summed E-state index contributed by atoms with van der Waals surface area (Å²) < 4.78 is 23.6. The summed E-state index contributed by atoms with van der Waals surface area (Å²) in [4.78, 5) is 4.58. The Morgan fingerprint density at radius 2 is 2.15 bits per heavy atom. The third kappa shape index (κ3) is 2.50. The zero-order valence-electron chi connectivity index (χ0n) is 11.5. The van der Waals surface area contributed by atoms with Crippen molar-refractivity contribution in [2.24, 2.45) is 0 Å². The normalized spacial score (nSPS) is 21.1. The quantitative estimate of drug-likeness (QED) is 0.943. The number of benzene rings is 1. The van der Waals surface area contributed by atoms with Gasteiger partial charge < -0.3 is 5.32 Å². The lowest BCUT2D eigenvalue weighted by Crippen LogP contribution is -2.25. The van der Waals surface area contributed by atoms with Crippen molar-refractivity contribution >= 4 is 26.6 Å². The highest BCUT2D eigenvalue weighted by atomic mass is 32.2. The van der Waals surface area contributed by atoms with Crippen LogP contribution in [0.3, 0.4) is 0 Å². The molecule has 2 heterocycles. The molecule has 1 aliphatic heterocycles. The van der Waals surface area contributed by atoms with Crippen LogP contribution in [-0.2, 0) is 9.84 Å². The molecular weight excluding hydrogens is 272 g/mol. The molecule has 1 unspecified atom stereocenters. The fourth-order valence-corrected chi connectivity index (χ4v) is 4.46. The van der Waals surface area contributed by atoms with Gasteiger partial charge in [0.25, 0.3) is 0 Å². The molecule has 0 spiro atoms. The Labute approximate surface area is 119 Å². The topological polar surface area (TPSA) is 59.1 Å². The first-order chi connectivity index (χ1) is 9.56. The van der Waals surface area contributed by atoms with E-state index in [1.54, 1.807) is 0 Å². The number of hydrogen-bond donors (Lipinski definition) is 1. The molecule has 1 aromatic heterocycles. The molecule has 106 valence electrons. The minimum atomic E-state index is -2.90. The van der Waals surface area contributed by atoms with E-state index in [4.69, 9.17) is 0 Å². The van der Waals surface area contributed by atoms with Crippen molar-refractivity contribution < 1.29 is 8.42 Å². The molecule has 3 rings (SSSR count). The smallest absolute Gasteiger partial charge is 0.154 e. The lowest BCUT2D eigenvalue weighted by Gasteiger charge is -2.13. The third-order valence-corrected chi connectivity index (χ3v) is 6.15. The maximum atomic E-state index is 11.8. The summed E-state index contributed by atoms with van der Waals surface area (Å²) in [5.41, 5.74) is 1.97. The van der Waals surface area contributed by atoms with Crippen LogP contribution in [0.25, 0.3) is 10.9 Å². The predicted molar refractivity (Wildman–Crippen MR) is 81.8 cm³/mol. The van der Waals surface area contributed by atoms with Crippen LogP contribution in [0.4, 0.5) is 5.82 Å². The number of anilines is 1. The maximum Gasteiger partial charge on any atom is 0.154 e. The largest absolute Gasteiger partial charge is 0.369 e. The number of aromatic nitrogens is 1. The second kappa shape index (κ2) is 5.05. The van der Waals surface area contributed by atoms with Crippen LogP contribution in [0.15, 0.2) is 30.3 Å². The van der Waals surface area contributed by atoms with E-state index in [1.807, 2.05) is 31.2 Å². The molecular formula is C15H18N2O2S. The molecule has 1 aromatic carbocycles. The van der Waals surface area contributed by atoms with Crippen molar-refractivity contribution in [1.29, 1.82) is 0 Å². The number of rotatable bonds is 3. The van der Waals surface area contributed by atoms with Gasteiger partial charge in [0.1, 0.15) is 5.82 Å². The van der Waals surface area contributed by atoms with Crippen LogP contribution in [0, 0.1) is 6.92 Å². The van der Waals surface area contributed by atoms with Gasteiger partial charge in [-0.15, -0.1) is 0 Å². The van der Waals surface area contributed by atoms with E-state index in [1.165, 1.54) is 0 Å². The van der Waals surface area contributed by atoms with E-state index in [2.05, 4.69) is 16.4 Å². The van der Waals surface area contributed by atoms with E-state index in [9.17, 15) is 8.42 Å². The molecule has 0 saturated carbocycles. The molecule has 0 radical (unpaired) electrons. The molecule has 4 nitrogen and oxygen atoms in total. The Morgan fingerprint density at radius 1 is 1.35 bits per heavy atom. The average molecular weight is 290 g/mol. The lowest BCUT2D eigenvalue weighted by atomic mass is 10.1. The Bertz CT molecular complexity index is 741. The highest BCUT2D eigenvalue weighted by Crippen LogP contribution is 2.23. The zero-order valence-corrected chi connectivity index (χ0v) is 12.3. The molecule has 1 aliphatic rings. The van der Waals surface area contributed by atoms with Gasteiger partial charge >= 0.3 is 0 Å². The summed E-state index contributed by atoms with van der Waals surface area (Å²) in [6.45, 7) is 2.44. The van der Waals surface area contributed by atoms with Crippen molar-refractivity contribution in [2.75, 3.05) is 17.6 Å². The van der Waals surface area contributed by atoms with Crippen LogP contribution in [0.2, 0.25) is 0 Å². The van der Waals surface area contributed by atoms with Gasteiger partial charge in [0.05, 0.1) is 16.5 Å². The van der Waals surface area contributed by atoms with E-state index in [0.29, 0.717) is 12.3 Å². The monoisotopic (exact) mass is 290 g/mol. The van der Waals surface area contributed by atoms with E-state index < -0.39 is 9.84 Å². The number of pyridine rings is 1. The SMILES string of the molecule is Cc1cc2ccccc2nc1NCC1CCCS1(=O)=O. The summed E-state index contributed by atoms with van der Waals surface area (Å²) in [6, 6.07) is 10.0. The number of nitrogens with zero attached hydrogens (tertiary/aromatic N) is 1. The van der Waals surface area contributed by atoms with Gasteiger partial charge in [-0.3, -0.25) is 0 Å². The van der Waals surface area contributed by atoms with E-state index in [-0.39, 0.29) is 5.25 Å². The summed E-state index contributed by atoms with van der Waals surface area (Å²) in [5, 5.41) is 4.04. The highest BCUT2D eigenvalue weighted by Gasteiger charge is 2.30. The van der Waals surface area contributed by atoms with Crippen molar-refractivity contribution in [2.45, 2.75) is 25.0 Å². The number of nitrogens with one attached hydrogen (secondary N) is 1. The van der Waals surface area contributed by atoms with E-state index >= 15 is 0 Å². The fraction of sp³-hybridized carbons (Fsp3) is 0.400. The molecule has 5 heteroatoms. The fourth-order valence-electron chi connectivity index (χ4n) is 2.70. The molecule has 1 atom stereocenters. The standard InChI is InChI=1S/C15H18N2O2S/c1-11-9-12-5-2-3-7-14(12)17-15(11)16-10-13-6-4-8-20(13,18)19/h2-3,5,7,9,13H,4,6,8,10H2,1H3,(H,16,17). The first-order valence-electron chi connectivity index (χ1n) is 6.88. The highest BCUT2D eigenvalue weighted by molar-refractivity contribution is 7.92. The van der Waals surface area contributed by atoms with Gasteiger partial charge in [-0.05, 0) is 37.5 Å². The Morgan fingerprint density at radius 3 is 2.90 bits per heavy atom. The Hall–Kier alpha value is -1.62. The van der Waals surface area contributed by atoms with Gasteiger partial charge in [-0.25, -0.2) is 13.4 Å². The van der Waals surface area contributed by atoms with Gasteiger partial charge in [-0.1, -0.05) is 18.2 Å². The first kappa shape index (κ1) is 13.4. The zero-order chi connectivity index (χ0) is 14.2. The van der Waals surface area contributed by atoms with Crippen molar-refractivity contribution in [1.82, 2.24) is 4.98 Å².